The van der Waals surface area contributed by atoms with E-state index in [0.717, 1.165) is 43.6 Å². The number of aliphatic hydroxyl groups is 1. The number of hydrogen-bond acceptors (Lipinski definition) is 2. The third kappa shape index (κ3) is 4.03. The molecule has 0 heterocycles. The summed E-state index contributed by atoms with van der Waals surface area (Å²) in [7, 11) is 0. The molecule has 0 radical (unpaired) electrons. The Morgan fingerprint density at radius 1 is 1.30 bits per heavy atom. The zero-order valence-corrected chi connectivity index (χ0v) is 12.5. The molecule has 1 atom stereocenters. The average molecular weight is 279 g/mol. The summed E-state index contributed by atoms with van der Waals surface area (Å²) in [4.78, 5) is 0. The fourth-order valence-electron chi connectivity index (χ4n) is 2.98. The van der Waals surface area contributed by atoms with Crippen molar-refractivity contribution >= 4 is 0 Å². The van der Waals surface area contributed by atoms with Crippen LogP contribution in [0.5, 0.6) is 0 Å². The molecule has 0 aromatic heterocycles. The second-order valence-corrected chi connectivity index (χ2v) is 6.30. The van der Waals surface area contributed by atoms with Crippen LogP contribution in [0.4, 0.5) is 4.39 Å². The SMILES string of the molecule is CCC(NCC1(O)CCC(C)CC1)c1ccc(F)cc1. The van der Waals surface area contributed by atoms with E-state index in [9.17, 15) is 9.50 Å². The zero-order valence-electron chi connectivity index (χ0n) is 12.5. The molecule has 2 rings (SSSR count). The third-order valence-electron chi connectivity index (χ3n) is 4.56. The van der Waals surface area contributed by atoms with Crippen molar-refractivity contribution in [2.24, 2.45) is 5.92 Å². The number of rotatable bonds is 5. The van der Waals surface area contributed by atoms with Crippen molar-refractivity contribution in [1.29, 1.82) is 0 Å². The van der Waals surface area contributed by atoms with E-state index in [1.165, 1.54) is 12.1 Å². The maximum absolute atomic E-state index is 13.0. The van der Waals surface area contributed by atoms with E-state index in [-0.39, 0.29) is 11.9 Å². The molecule has 1 saturated carbocycles. The molecule has 1 aromatic rings. The van der Waals surface area contributed by atoms with Crippen molar-refractivity contribution in [1.82, 2.24) is 5.32 Å². The number of nitrogens with one attached hydrogen (secondary N) is 1. The first-order valence-electron chi connectivity index (χ1n) is 7.73. The largest absolute Gasteiger partial charge is 0.389 e. The van der Waals surface area contributed by atoms with Crippen LogP contribution in [-0.2, 0) is 0 Å². The van der Waals surface area contributed by atoms with Crippen molar-refractivity contribution < 1.29 is 9.50 Å². The molecular weight excluding hydrogens is 253 g/mol. The molecule has 0 amide bonds. The van der Waals surface area contributed by atoms with Crippen LogP contribution in [0.1, 0.15) is 57.6 Å². The van der Waals surface area contributed by atoms with Gasteiger partial charge in [0.25, 0.3) is 0 Å². The lowest BCUT2D eigenvalue weighted by atomic mass is 9.79. The van der Waals surface area contributed by atoms with Gasteiger partial charge in [-0.15, -0.1) is 0 Å². The first-order chi connectivity index (χ1) is 9.52. The molecule has 1 aromatic carbocycles. The van der Waals surface area contributed by atoms with Crippen molar-refractivity contribution in [3.8, 4) is 0 Å². The maximum atomic E-state index is 13.0. The van der Waals surface area contributed by atoms with Gasteiger partial charge in [-0.1, -0.05) is 26.0 Å². The molecule has 0 saturated heterocycles. The minimum Gasteiger partial charge on any atom is -0.389 e. The van der Waals surface area contributed by atoms with Crippen molar-refractivity contribution in [3.63, 3.8) is 0 Å². The number of benzene rings is 1. The van der Waals surface area contributed by atoms with E-state index in [1.54, 1.807) is 0 Å². The monoisotopic (exact) mass is 279 g/mol. The van der Waals surface area contributed by atoms with E-state index in [2.05, 4.69) is 19.2 Å². The summed E-state index contributed by atoms with van der Waals surface area (Å²) in [6.45, 7) is 4.98. The molecule has 2 nitrogen and oxygen atoms in total. The van der Waals surface area contributed by atoms with Crippen LogP contribution in [0.15, 0.2) is 24.3 Å². The van der Waals surface area contributed by atoms with Crippen LogP contribution in [0.2, 0.25) is 0 Å². The maximum Gasteiger partial charge on any atom is 0.123 e. The third-order valence-corrected chi connectivity index (χ3v) is 4.56. The Hall–Kier alpha value is -0.930. The van der Waals surface area contributed by atoms with Gasteiger partial charge in [0.1, 0.15) is 5.82 Å². The normalized spacial score (nSPS) is 28.3. The topological polar surface area (TPSA) is 32.3 Å². The highest BCUT2D eigenvalue weighted by Gasteiger charge is 2.32. The second-order valence-electron chi connectivity index (χ2n) is 6.30. The van der Waals surface area contributed by atoms with Gasteiger partial charge in [-0.3, -0.25) is 0 Å². The Morgan fingerprint density at radius 3 is 2.45 bits per heavy atom. The smallest absolute Gasteiger partial charge is 0.123 e. The molecule has 1 fully saturated rings. The van der Waals surface area contributed by atoms with Crippen LogP contribution in [0, 0.1) is 11.7 Å². The van der Waals surface area contributed by atoms with Gasteiger partial charge in [0.15, 0.2) is 0 Å². The van der Waals surface area contributed by atoms with Gasteiger partial charge < -0.3 is 10.4 Å². The molecule has 112 valence electrons. The van der Waals surface area contributed by atoms with E-state index in [0.29, 0.717) is 6.54 Å². The Kier molecular flexibility index (Phi) is 5.17. The average Bonchev–Trinajstić information content (AvgIpc) is 2.45. The lowest BCUT2D eigenvalue weighted by Crippen LogP contribution is -2.44. The summed E-state index contributed by atoms with van der Waals surface area (Å²) in [6.07, 6.45) is 4.89. The van der Waals surface area contributed by atoms with Gasteiger partial charge in [-0.25, -0.2) is 4.39 Å². The summed E-state index contributed by atoms with van der Waals surface area (Å²) in [5.74, 6) is 0.526. The van der Waals surface area contributed by atoms with Crippen molar-refractivity contribution in [3.05, 3.63) is 35.6 Å². The van der Waals surface area contributed by atoms with E-state index < -0.39 is 5.60 Å². The molecule has 3 heteroatoms. The summed E-state index contributed by atoms with van der Waals surface area (Å²) >= 11 is 0. The fraction of sp³-hybridized carbons (Fsp3) is 0.647. The summed E-state index contributed by atoms with van der Waals surface area (Å²) < 4.78 is 13.0. The molecular formula is C17H26FNO. The van der Waals surface area contributed by atoms with Crippen molar-refractivity contribution in [2.75, 3.05) is 6.54 Å². The molecule has 20 heavy (non-hydrogen) atoms. The molecule has 0 aliphatic heterocycles. The molecule has 0 spiro atoms. The Labute approximate surface area is 121 Å². The minimum absolute atomic E-state index is 0.180. The molecule has 1 aliphatic rings. The van der Waals surface area contributed by atoms with E-state index >= 15 is 0 Å². The Morgan fingerprint density at radius 2 is 1.90 bits per heavy atom. The standard InChI is InChI=1S/C17H26FNO/c1-3-16(14-4-6-15(18)7-5-14)19-12-17(20)10-8-13(2)9-11-17/h4-7,13,16,19-20H,3,8-12H2,1-2H3. The summed E-state index contributed by atoms with van der Waals surface area (Å²) in [5.41, 5.74) is 0.515. The van der Waals surface area contributed by atoms with Crippen LogP contribution >= 0.6 is 0 Å². The number of halogens is 1. The van der Waals surface area contributed by atoms with E-state index in [1.807, 2.05) is 12.1 Å². The zero-order chi connectivity index (χ0) is 14.6. The second kappa shape index (κ2) is 6.68. The van der Waals surface area contributed by atoms with Crippen LogP contribution in [0.25, 0.3) is 0 Å². The van der Waals surface area contributed by atoms with Gasteiger partial charge >= 0.3 is 0 Å². The van der Waals surface area contributed by atoms with E-state index in [4.69, 9.17) is 0 Å². The molecule has 1 unspecified atom stereocenters. The van der Waals surface area contributed by atoms with Gasteiger partial charge in [0.05, 0.1) is 5.60 Å². The highest BCUT2D eigenvalue weighted by Crippen LogP contribution is 2.32. The highest BCUT2D eigenvalue weighted by atomic mass is 19.1. The minimum atomic E-state index is -0.569. The fourth-order valence-corrected chi connectivity index (χ4v) is 2.98. The quantitative estimate of drug-likeness (QED) is 0.859. The van der Waals surface area contributed by atoms with Crippen LogP contribution < -0.4 is 5.32 Å². The molecule has 1 aliphatic carbocycles. The summed E-state index contributed by atoms with van der Waals surface area (Å²) in [5, 5.41) is 14.1. The van der Waals surface area contributed by atoms with Crippen LogP contribution in [0.3, 0.4) is 0 Å². The lowest BCUT2D eigenvalue weighted by Gasteiger charge is -2.36. The molecule has 2 N–H and O–H groups in total. The van der Waals surface area contributed by atoms with Gasteiger partial charge in [-0.2, -0.15) is 0 Å². The predicted molar refractivity (Wildman–Crippen MR) is 80.0 cm³/mol. The summed E-state index contributed by atoms with van der Waals surface area (Å²) in [6, 6.07) is 6.82. The first kappa shape index (κ1) is 15.5. The van der Waals surface area contributed by atoms with Gasteiger partial charge in [-0.05, 0) is 55.7 Å². The highest BCUT2D eigenvalue weighted by molar-refractivity contribution is 5.19. The Bertz CT molecular complexity index is 410. The van der Waals surface area contributed by atoms with Gasteiger partial charge in [0, 0.05) is 12.6 Å². The predicted octanol–water partition coefficient (Wildman–Crippen LogP) is 3.81. The van der Waals surface area contributed by atoms with Crippen LogP contribution in [-0.4, -0.2) is 17.3 Å². The lowest BCUT2D eigenvalue weighted by molar-refractivity contribution is -0.00831. The Balaban J connectivity index is 1.92. The van der Waals surface area contributed by atoms with Gasteiger partial charge in [0.2, 0.25) is 0 Å². The molecule has 0 bridgehead atoms. The number of hydrogen-bond donors (Lipinski definition) is 2. The first-order valence-corrected chi connectivity index (χ1v) is 7.73. The van der Waals surface area contributed by atoms with Crippen molar-refractivity contribution in [2.45, 2.75) is 57.6 Å².